The topological polar surface area (TPSA) is 78.9 Å². The first kappa shape index (κ1) is 17.5. The van der Waals surface area contributed by atoms with Crippen LogP contribution in [-0.4, -0.2) is 28.6 Å². The molecule has 2 aromatic carbocycles. The first-order valence-electron chi connectivity index (χ1n) is 8.02. The fraction of sp³-hybridized carbons (Fsp3) is 0.158. The van der Waals surface area contributed by atoms with Crippen LogP contribution in [0, 0.1) is 5.82 Å². The van der Waals surface area contributed by atoms with E-state index in [1.54, 1.807) is 19.1 Å². The average molecular weight is 356 g/mol. The van der Waals surface area contributed by atoms with Crippen LogP contribution >= 0.6 is 0 Å². The average Bonchev–Trinajstić information content (AvgIpc) is 2.87. The smallest absolute Gasteiger partial charge is 0.329 e. The Hall–Kier alpha value is -3.35. The van der Waals surface area contributed by atoms with E-state index in [1.807, 2.05) is 0 Å². The van der Waals surface area contributed by atoms with E-state index in [-0.39, 0.29) is 23.8 Å². The Morgan fingerprint density at radius 2 is 1.92 bits per heavy atom. The summed E-state index contributed by atoms with van der Waals surface area (Å²) >= 11 is 0. The predicted molar refractivity (Wildman–Crippen MR) is 92.7 cm³/mol. The van der Waals surface area contributed by atoms with Crippen LogP contribution in [0.5, 0.6) is 11.5 Å². The third kappa shape index (κ3) is 3.66. The van der Waals surface area contributed by atoms with E-state index in [0.29, 0.717) is 23.5 Å². The van der Waals surface area contributed by atoms with E-state index >= 15 is 0 Å². The highest BCUT2D eigenvalue weighted by Gasteiger charge is 2.33. The lowest BCUT2D eigenvalue weighted by atomic mass is 10.1. The minimum absolute atomic E-state index is 0.00581. The van der Waals surface area contributed by atoms with Gasteiger partial charge in [-0.15, -0.1) is 0 Å². The molecule has 0 aromatic heterocycles. The van der Waals surface area contributed by atoms with Gasteiger partial charge in [-0.3, -0.25) is 9.69 Å². The number of phenolic OH excluding ortho intramolecular Hbond substituents is 1. The second-order valence-corrected chi connectivity index (χ2v) is 5.67. The first-order valence-corrected chi connectivity index (χ1v) is 8.02. The minimum atomic E-state index is -0.547. The maximum atomic E-state index is 13.0. The lowest BCUT2D eigenvalue weighted by Crippen LogP contribution is -2.30. The molecular weight excluding hydrogens is 339 g/mol. The zero-order valence-electron chi connectivity index (χ0n) is 14.0. The molecule has 0 spiro atoms. The highest BCUT2D eigenvalue weighted by Crippen LogP contribution is 2.28. The summed E-state index contributed by atoms with van der Waals surface area (Å²) in [6, 6.07) is 9.68. The quantitative estimate of drug-likeness (QED) is 0.638. The number of carbonyl (C=O) groups excluding carboxylic acids is 2. The summed E-state index contributed by atoms with van der Waals surface area (Å²) in [7, 11) is 0. The van der Waals surface area contributed by atoms with Crippen molar-refractivity contribution in [1.82, 2.24) is 10.2 Å². The zero-order chi connectivity index (χ0) is 18.7. The number of aromatic hydroxyl groups is 1. The highest BCUT2D eigenvalue weighted by molar-refractivity contribution is 6.13. The van der Waals surface area contributed by atoms with E-state index in [2.05, 4.69) is 5.32 Å². The van der Waals surface area contributed by atoms with Gasteiger partial charge in [0.25, 0.3) is 5.91 Å². The van der Waals surface area contributed by atoms with Crippen LogP contribution in [0.2, 0.25) is 0 Å². The van der Waals surface area contributed by atoms with Gasteiger partial charge in [0, 0.05) is 0 Å². The van der Waals surface area contributed by atoms with Crippen molar-refractivity contribution in [2.45, 2.75) is 13.5 Å². The fourth-order valence-corrected chi connectivity index (χ4v) is 2.55. The van der Waals surface area contributed by atoms with Gasteiger partial charge in [-0.25, -0.2) is 9.18 Å². The van der Waals surface area contributed by atoms with Gasteiger partial charge >= 0.3 is 6.03 Å². The van der Waals surface area contributed by atoms with Crippen molar-refractivity contribution in [2.75, 3.05) is 6.61 Å². The summed E-state index contributed by atoms with van der Waals surface area (Å²) in [6.45, 7) is 2.22. The third-order valence-electron chi connectivity index (χ3n) is 3.81. The lowest BCUT2D eigenvalue weighted by Gasteiger charge is -2.11. The van der Waals surface area contributed by atoms with Crippen molar-refractivity contribution in [3.63, 3.8) is 0 Å². The normalized spacial score (nSPS) is 15.5. The second-order valence-electron chi connectivity index (χ2n) is 5.67. The summed E-state index contributed by atoms with van der Waals surface area (Å²) in [5, 5.41) is 12.3. The number of nitrogens with zero attached hydrogens (tertiary/aromatic N) is 1. The molecule has 1 fully saturated rings. The summed E-state index contributed by atoms with van der Waals surface area (Å²) in [5.74, 6) is -0.579. The Morgan fingerprint density at radius 3 is 2.62 bits per heavy atom. The van der Waals surface area contributed by atoms with E-state index < -0.39 is 11.9 Å². The van der Waals surface area contributed by atoms with Crippen LogP contribution in [0.1, 0.15) is 18.1 Å². The number of hydrogen-bond donors (Lipinski definition) is 2. The van der Waals surface area contributed by atoms with Crippen molar-refractivity contribution in [1.29, 1.82) is 0 Å². The Morgan fingerprint density at radius 1 is 1.19 bits per heavy atom. The molecular formula is C19H17FN2O4. The number of hydrogen-bond acceptors (Lipinski definition) is 4. The van der Waals surface area contributed by atoms with Gasteiger partial charge in [0.2, 0.25) is 0 Å². The first-order chi connectivity index (χ1) is 12.5. The Labute approximate surface area is 149 Å². The van der Waals surface area contributed by atoms with Crippen LogP contribution < -0.4 is 10.1 Å². The molecule has 0 bridgehead atoms. The van der Waals surface area contributed by atoms with Gasteiger partial charge in [-0.05, 0) is 48.4 Å². The maximum absolute atomic E-state index is 13.0. The van der Waals surface area contributed by atoms with E-state index in [4.69, 9.17) is 4.74 Å². The summed E-state index contributed by atoms with van der Waals surface area (Å²) < 4.78 is 18.3. The number of carbonyl (C=O) groups is 2. The van der Waals surface area contributed by atoms with Crippen molar-refractivity contribution < 1.29 is 23.8 Å². The number of amides is 3. The van der Waals surface area contributed by atoms with E-state index in [0.717, 1.165) is 4.90 Å². The molecule has 1 heterocycles. The molecule has 2 N–H and O–H groups in total. The third-order valence-corrected chi connectivity index (χ3v) is 3.81. The molecule has 134 valence electrons. The highest BCUT2D eigenvalue weighted by atomic mass is 19.1. The predicted octanol–water partition coefficient (Wildman–Crippen LogP) is 3.02. The molecule has 0 unspecified atom stereocenters. The van der Waals surface area contributed by atoms with E-state index in [9.17, 15) is 19.1 Å². The molecule has 0 aliphatic carbocycles. The van der Waals surface area contributed by atoms with E-state index in [1.165, 1.54) is 36.4 Å². The van der Waals surface area contributed by atoms with Crippen LogP contribution in [-0.2, 0) is 11.3 Å². The largest absolute Gasteiger partial charge is 0.504 e. The number of rotatable bonds is 5. The molecule has 1 aliphatic rings. The Bertz CT molecular complexity index is 878. The number of imide groups is 1. The standard InChI is InChI=1S/C19H17FN2O4/c1-2-26-17-10-13(5-8-16(17)23)9-15-18(24)22(19(25)21-15)11-12-3-6-14(20)7-4-12/h3-10,23H,2,11H2,1H3,(H,21,25). The summed E-state index contributed by atoms with van der Waals surface area (Å²) in [4.78, 5) is 25.6. The van der Waals surface area contributed by atoms with Crippen LogP contribution in [0.4, 0.5) is 9.18 Å². The number of urea groups is 1. The number of nitrogens with one attached hydrogen (secondary N) is 1. The molecule has 7 heteroatoms. The van der Waals surface area contributed by atoms with Gasteiger partial charge in [-0.1, -0.05) is 18.2 Å². The van der Waals surface area contributed by atoms with Gasteiger partial charge in [-0.2, -0.15) is 0 Å². The van der Waals surface area contributed by atoms with Crippen molar-refractivity contribution >= 4 is 18.0 Å². The molecule has 2 aromatic rings. The second kappa shape index (κ2) is 7.26. The number of ether oxygens (including phenoxy) is 1. The minimum Gasteiger partial charge on any atom is -0.504 e. The summed E-state index contributed by atoms with van der Waals surface area (Å²) in [5.41, 5.74) is 1.35. The monoisotopic (exact) mass is 356 g/mol. The number of halogens is 1. The van der Waals surface area contributed by atoms with Crippen molar-refractivity contribution in [3.8, 4) is 11.5 Å². The van der Waals surface area contributed by atoms with Crippen molar-refractivity contribution in [2.24, 2.45) is 0 Å². The summed E-state index contributed by atoms with van der Waals surface area (Å²) in [6.07, 6.45) is 1.51. The molecule has 0 saturated carbocycles. The lowest BCUT2D eigenvalue weighted by molar-refractivity contribution is -0.123. The van der Waals surface area contributed by atoms with Gasteiger partial charge in [0.05, 0.1) is 13.2 Å². The van der Waals surface area contributed by atoms with Crippen LogP contribution in [0.3, 0.4) is 0 Å². The Kier molecular flexibility index (Phi) is 4.88. The van der Waals surface area contributed by atoms with Crippen molar-refractivity contribution in [3.05, 3.63) is 65.1 Å². The zero-order valence-corrected chi connectivity index (χ0v) is 14.0. The molecule has 1 aliphatic heterocycles. The van der Waals surface area contributed by atoms with Crippen LogP contribution in [0.15, 0.2) is 48.2 Å². The molecule has 26 heavy (non-hydrogen) atoms. The van der Waals surface area contributed by atoms with Crippen LogP contribution in [0.25, 0.3) is 6.08 Å². The molecule has 1 saturated heterocycles. The Balaban J connectivity index is 1.80. The molecule has 3 rings (SSSR count). The molecule has 0 radical (unpaired) electrons. The fourth-order valence-electron chi connectivity index (χ4n) is 2.55. The molecule has 6 nitrogen and oxygen atoms in total. The SMILES string of the molecule is CCOc1cc(C=C2NC(=O)N(Cc3ccc(F)cc3)C2=O)ccc1O. The van der Waals surface area contributed by atoms with Gasteiger partial charge in [0.1, 0.15) is 11.5 Å². The van der Waals surface area contributed by atoms with Gasteiger partial charge < -0.3 is 15.2 Å². The molecule has 0 atom stereocenters. The number of benzene rings is 2. The maximum Gasteiger partial charge on any atom is 0.329 e. The number of phenols is 1. The van der Waals surface area contributed by atoms with Gasteiger partial charge in [0.15, 0.2) is 11.5 Å². The molecule has 3 amide bonds.